The Hall–Kier alpha value is -4.59. The van der Waals surface area contributed by atoms with E-state index < -0.39 is 12.0 Å². The number of nitrogens with one attached hydrogen (secondary N) is 3. The van der Waals surface area contributed by atoms with Gasteiger partial charge in [-0.1, -0.05) is 42.5 Å². The highest BCUT2D eigenvalue weighted by atomic mass is 16.5. The molecule has 8 heteroatoms. The average molecular weight is 457 g/mol. The lowest BCUT2D eigenvalue weighted by atomic mass is 10.00. The standard InChI is InChI=1S/C26H23N3O5/c1-2-34-23-10-6-4-7-18(23)17-12-11-16(14-28-26(32)33)13-22(17)29-25(31)20-15-27-21-9-5-3-8-19(21)24(20)30/h3-13,15,28H,2,14H2,1H3,(H,27,30)(H,29,31)(H,32,33). The van der Waals surface area contributed by atoms with Crippen molar-refractivity contribution in [1.82, 2.24) is 10.3 Å². The van der Waals surface area contributed by atoms with Gasteiger partial charge in [0.15, 0.2) is 0 Å². The van der Waals surface area contributed by atoms with E-state index in [1.807, 2.05) is 31.2 Å². The number of carbonyl (C=O) groups is 2. The van der Waals surface area contributed by atoms with Gasteiger partial charge >= 0.3 is 6.09 Å². The summed E-state index contributed by atoms with van der Waals surface area (Å²) in [6.45, 7) is 2.40. The molecule has 0 saturated carbocycles. The SMILES string of the molecule is CCOc1ccccc1-c1ccc(CNC(=O)O)cc1NC(=O)c1c[nH]c2ccccc2c1=O. The van der Waals surface area contributed by atoms with Gasteiger partial charge in [-0.05, 0) is 36.8 Å². The number of para-hydroxylation sites is 2. The summed E-state index contributed by atoms with van der Waals surface area (Å²) in [5, 5.41) is 14.5. The minimum Gasteiger partial charge on any atom is -0.493 e. The molecule has 0 aliphatic heterocycles. The van der Waals surface area contributed by atoms with Gasteiger partial charge in [0.1, 0.15) is 11.3 Å². The molecule has 0 atom stereocenters. The molecule has 0 bridgehead atoms. The number of pyridine rings is 1. The second kappa shape index (κ2) is 9.91. The molecule has 0 aliphatic rings. The van der Waals surface area contributed by atoms with Crippen molar-refractivity contribution in [3.8, 4) is 16.9 Å². The van der Waals surface area contributed by atoms with Crippen molar-refractivity contribution in [3.63, 3.8) is 0 Å². The van der Waals surface area contributed by atoms with Gasteiger partial charge in [0.05, 0.1) is 6.61 Å². The first-order chi connectivity index (χ1) is 16.5. The smallest absolute Gasteiger partial charge is 0.404 e. The number of ether oxygens (including phenoxy) is 1. The fourth-order valence-electron chi connectivity index (χ4n) is 3.71. The maximum absolute atomic E-state index is 13.2. The number of fused-ring (bicyclic) bond motifs is 1. The van der Waals surface area contributed by atoms with E-state index in [4.69, 9.17) is 9.84 Å². The molecule has 3 aromatic carbocycles. The number of benzene rings is 3. The zero-order valence-corrected chi connectivity index (χ0v) is 18.4. The number of hydrogen-bond acceptors (Lipinski definition) is 4. The molecular weight excluding hydrogens is 434 g/mol. The number of hydrogen-bond donors (Lipinski definition) is 4. The van der Waals surface area contributed by atoms with E-state index in [1.54, 1.807) is 42.5 Å². The second-order valence-electron chi connectivity index (χ2n) is 7.50. The molecule has 0 radical (unpaired) electrons. The lowest BCUT2D eigenvalue weighted by Crippen LogP contribution is -2.23. The molecule has 4 N–H and O–H groups in total. The molecule has 0 spiro atoms. The molecule has 8 nitrogen and oxygen atoms in total. The summed E-state index contributed by atoms with van der Waals surface area (Å²) in [4.78, 5) is 40.0. The van der Waals surface area contributed by atoms with Crippen molar-refractivity contribution in [2.75, 3.05) is 11.9 Å². The Bertz CT molecular complexity index is 1430. The normalized spacial score (nSPS) is 10.6. The van der Waals surface area contributed by atoms with Crippen LogP contribution in [-0.2, 0) is 6.54 Å². The van der Waals surface area contributed by atoms with Crippen molar-refractivity contribution in [3.05, 3.63) is 94.3 Å². The Morgan fingerprint density at radius 3 is 2.56 bits per heavy atom. The minimum absolute atomic E-state index is 0.0307. The summed E-state index contributed by atoms with van der Waals surface area (Å²) in [6, 6.07) is 19.6. The van der Waals surface area contributed by atoms with Crippen molar-refractivity contribution in [1.29, 1.82) is 0 Å². The fourth-order valence-corrected chi connectivity index (χ4v) is 3.71. The van der Waals surface area contributed by atoms with E-state index in [1.165, 1.54) is 6.20 Å². The van der Waals surface area contributed by atoms with E-state index in [-0.39, 0.29) is 17.5 Å². The van der Waals surface area contributed by atoms with Crippen molar-refractivity contribution in [2.24, 2.45) is 0 Å². The maximum atomic E-state index is 13.2. The lowest BCUT2D eigenvalue weighted by molar-refractivity contribution is 0.102. The number of aromatic nitrogens is 1. The van der Waals surface area contributed by atoms with Gasteiger partial charge in [-0.25, -0.2) is 4.79 Å². The first kappa shape index (κ1) is 22.6. The van der Waals surface area contributed by atoms with E-state index in [2.05, 4.69) is 15.6 Å². The van der Waals surface area contributed by atoms with Gasteiger partial charge in [-0.3, -0.25) is 9.59 Å². The third-order valence-corrected chi connectivity index (χ3v) is 5.29. The highest BCUT2D eigenvalue weighted by Gasteiger charge is 2.17. The van der Waals surface area contributed by atoms with Gasteiger partial charge in [0.25, 0.3) is 5.91 Å². The highest BCUT2D eigenvalue weighted by molar-refractivity contribution is 6.07. The number of amides is 2. The summed E-state index contributed by atoms with van der Waals surface area (Å²) in [5.41, 5.74) is 2.72. The maximum Gasteiger partial charge on any atom is 0.404 e. The molecule has 172 valence electrons. The molecule has 1 heterocycles. The Balaban J connectivity index is 1.76. The number of carbonyl (C=O) groups excluding carboxylic acids is 1. The van der Waals surface area contributed by atoms with Gasteiger partial charge in [0, 0.05) is 40.5 Å². The molecule has 4 rings (SSSR count). The predicted octanol–water partition coefficient (Wildman–Crippen LogP) is 4.61. The lowest BCUT2D eigenvalue weighted by Gasteiger charge is -2.16. The molecule has 1 aromatic heterocycles. The monoisotopic (exact) mass is 457 g/mol. The molecule has 2 amide bonds. The number of H-pyrrole nitrogens is 1. The molecule has 4 aromatic rings. The van der Waals surface area contributed by atoms with Crippen LogP contribution in [0.4, 0.5) is 10.5 Å². The van der Waals surface area contributed by atoms with Gasteiger partial charge in [-0.15, -0.1) is 0 Å². The molecular formula is C26H23N3O5. The Kier molecular flexibility index (Phi) is 6.59. The van der Waals surface area contributed by atoms with E-state index in [0.29, 0.717) is 40.1 Å². The molecule has 34 heavy (non-hydrogen) atoms. The number of anilines is 1. The van der Waals surface area contributed by atoms with E-state index >= 15 is 0 Å². The summed E-state index contributed by atoms with van der Waals surface area (Å²) < 4.78 is 5.75. The number of aromatic amines is 1. The van der Waals surface area contributed by atoms with Crippen LogP contribution in [0.25, 0.3) is 22.0 Å². The number of rotatable bonds is 7. The fraction of sp³-hybridized carbons (Fsp3) is 0.115. The summed E-state index contributed by atoms with van der Waals surface area (Å²) >= 11 is 0. The van der Waals surface area contributed by atoms with E-state index in [9.17, 15) is 14.4 Å². The summed E-state index contributed by atoms with van der Waals surface area (Å²) in [6.07, 6.45) is 0.239. The first-order valence-electron chi connectivity index (χ1n) is 10.7. The van der Waals surface area contributed by atoms with Crippen molar-refractivity contribution < 1.29 is 19.4 Å². The third kappa shape index (κ3) is 4.75. The van der Waals surface area contributed by atoms with Crippen LogP contribution in [-0.4, -0.2) is 28.7 Å². The molecule has 0 aliphatic carbocycles. The molecule has 0 unspecified atom stereocenters. The van der Waals surface area contributed by atoms with Crippen LogP contribution in [0.15, 0.2) is 77.7 Å². The van der Waals surface area contributed by atoms with Crippen molar-refractivity contribution >= 4 is 28.6 Å². The van der Waals surface area contributed by atoms with Gasteiger partial charge in [0.2, 0.25) is 5.43 Å². The van der Waals surface area contributed by atoms with Crippen LogP contribution in [0.3, 0.4) is 0 Å². The minimum atomic E-state index is -1.15. The van der Waals surface area contributed by atoms with Crippen LogP contribution >= 0.6 is 0 Å². The topological polar surface area (TPSA) is 121 Å². The Morgan fingerprint density at radius 1 is 1.00 bits per heavy atom. The van der Waals surface area contributed by atoms with Crippen LogP contribution in [0.5, 0.6) is 5.75 Å². The summed E-state index contributed by atoms with van der Waals surface area (Å²) in [7, 11) is 0. The zero-order valence-electron chi connectivity index (χ0n) is 18.4. The Labute approximate surface area is 195 Å². The van der Waals surface area contributed by atoms with E-state index in [0.717, 1.165) is 5.56 Å². The van der Waals surface area contributed by atoms with Gasteiger partial charge in [-0.2, -0.15) is 0 Å². The third-order valence-electron chi connectivity index (χ3n) is 5.29. The molecule has 0 fully saturated rings. The Morgan fingerprint density at radius 2 is 1.76 bits per heavy atom. The van der Waals surface area contributed by atoms with Crippen LogP contribution in [0.1, 0.15) is 22.8 Å². The van der Waals surface area contributed by atoms with Crippen LogP contribution in [0.2, 0.25) is 0 Å². The number of carboxylic acid groups (broad SMARTS) is 1. The van der Waals surface area contributed by atoms with Gasteiger partial charge < -0.3 is 25.5 Å². The molecule has 0 saturated heterocycles. The summed E-state index contributed by atoms with van der Waals surface area (Å²) in [5.74, 6) is 0.0611. The average Bonchev–Trinajstić information content (AvgIpc) is 2.84. The van der Waals surface area contributed by atoms with Crippen LogP contribution in [0, 0.1) is 0 Å². The van der Waals surface area contributed by atoms with Crippen LogP contribution < -0.4 is 20.8 Å². The second-order valence-corrected chi connectivity index (χ2v) is 7.50. The first-order valence-corrected chi connectivity index (χ1v) is 10.7. The zero-order chi connectivity index (χ0) is 24.1. The largest absolute Gasteiger partial charge is 0.493 e. The highest BCUT2D eigenvalue weighted by Crippen LogP contribution is 2.36. The quantitative estimate of drug-likeness (QED) is 0.323. The van der Waals surface area contributed by atoms with Crippen molar-refractivity contribution in [2.45, 2.75) is 13.5 Å². The predicted molar refractivity (Wildman–Crippen MR) is 130 cm³/mol.